The van der Waals surface area contributed by atoms with Crippen molar-refractivity contribution in [3.63, 3.8) is 0 Å². The van der Waals surface area contributed by atoms with Crippen molar-refractivity contribution in [2.75, 3.05) is 6.54 Å². The molecule has 15 heavy (non-hydrogen) atoms. The van der Waals surface area contributed by atoms with Crippen molar-refractivity contribution in [2.45, 2.75) is 27.2 Å². The Labute approximate surface area is 91.5 Å². The van der Waals surface area contributed by atoms with Crippen molar-refractivity contribution in [2.24, 2.45) is 17.1 Å². The summed E-state index contributed by atoms with van der Waals surface area (Å²) in [4.78, 5) is 0. The molecule has 0 aliphatic rings. The SMILES string of the molecule is CC(C)C(C)(CN)Cc1ccccc1F. The summed E-state index contributed by atoms with van der Waals surface area (Å²) >= 11 is 0. The van der Waals surface area contributed by atoms with Crippen LogP contribution in [0.2, 0.25) is 0 Å². The van der Waals surface area contributed by atoms with E-state index in [4.69, 9.17) is 5.73 Å². The predicted octanol–water partition coefficient (Wildman–Crippen LogP) is 2.99. The van der Waals surface area contributed by atoms with Gasteiger partial charge < -0.3 is 5.73 Å². The van der Waals surface area contributed by atoms with Gasteiger partial charge in [-0.2, -0.15) is 0 Å². The molecule has 1 unspecified atom stereocenters. The van der Waals surface area contributed by atoms with Crippen LogP contribution in [-0.2, 0) is 6.42 Å². The summed E-state index contributed by atoms with van der Waals surface area (Å²) in [6.07, 6.45) is 0.702. The molecule has 0 spiro atoms. The molecule has 0 heterocycles. The predicted molar refractivity (Wildman–Crippen MR) is 62.1 cm³/mol. The highest BCUT2D eigenvalue weighted by Gasteiger charge is 2.27. The highest BCUT2D eigenvalue weighted by atomic mass is 19.1. The van der Waals surface area contributed by atoms with Crippen LogP contribution in [0, 0.1) is 17.2 Å². The lowest BCUT2D eigenvalue weighted by atomic mass is 9.74. The minimum absolute atomic E-state index is 0.0256. The van der Waals surface area contributed by atoms with Gasteiger partial charge in [0.1, 0.15) is 5.82 Å². The van der Waals surface area contributed by atoms with E-state index in [1.165, 1.54) is 6.07 Å². The van der Waals surface area contributed by atoms with Crippen molar-refractivity contribution >= 4 is 0 Å². The zero-order valence-electron chi connectivity index (χ0n) is 9.76. The Morgan fingerprint density at radius 2 is 1.93 bits per heavy atom. The molecule has 1 atom stereocenters. The Hall–Kier alpha value is -0.890. The molecule has 0 aliphatic heterocycles. The van der Waals surface area contributed by atoms with Gasteiger partial charge in [-0.3, -0.25) is 0 Å². The molecule has 0 aromatic heterocycles. The van der Waals surface area contributed by atoms with E-state index in [1.54, 1.807) is 6.07 Å². The van der Waals surface area contributed by atoms with Crippen LogP contribution in [0.5, 0.6) is 0 Å². The number of halogens is 1. The minimum atomic E-state index is -0.127. The van der Waals surface area contributed by atoms with Crippen molar-refractivity contribution in [1.29, 1.82) is 0 Å². The first-order valence-electron chi connectivity index (χ1n) is 5.43. The molecule has 2 N–H and O–H groups in total. The first kappa shape index (κ1) is 12.2. The molecule has 0 bridgehead atoms. The third kappa shape index (κ3) is 2.78. The van der Waals surface area contributed by atoms with Crippen LogP contribution in [0.4, 0.5) is 4.39 Å². The van der Waals surface area contributed by atoms with Gasteiger partial charge in [0, 0.05) is 0 Å². The first-order valence-corrected chi connectivity index (χ1v) is 5.43. The van der Waals surface area contributed by atoms with Crippen LogP contribution >= 0.6 is 0 Å². The highest BCUT2D eigenvalue weighted by molar-refractivity contribution is 5.19. The minimum Gasteiger partial charge on any atom is -0.330 e. The lowest BCUT2D eigenvalue weighted by molar-refractivity contribution is 0.225. The lowest BCUT2D eigenvalue weighted by Gasteiger charge is -2.32. The van der Waals surface area contributed by atoms with Gasteiger partial charge in [-0.25, -0.2) is 4.39 Å². The number of nitrogens with two attached hydrogens (primary N) is 1. The molecule has 1 rings (SSSR count). The zero-order chi connectivity index (χ0) is 11.5. The van der Waals surface area contributed by atoms with E-state index in [1.807, 2.05) is 12.1 Å². The third-order valence-electron chi connectivity index (χ3n) is 3.41. The molecular formula is C13H20FN. The van der Waals surface area contributed by atoms with Crippen LogP contribution in [0.3, 0.4) is 0 Å². The maximum absolute atomic E-state index is 13.5. The van der Waals surface area contributed by atoms with Crippen LogP contribution in [0.25, 0.3) is 0 Å². The first-order chi connectivity index (χ1) is 6.99. The van der Waals surface area contributed by atoms with E-state index >= 15 is 0 Å². The van der Waals surface area contributed by atoms with E-state index in [0.29, 0.717) is 18.9 Å². The Morgan fingerprint density at radius 3 is 2.40 bits per heavy atom. The molecule has 0 amide bonds. The van der Waals surface area contributed by atoms with Gasteiger partial charge in [-0.1, -0.05) is 39.0 Å². The second kappa shape index (κ2) is 4.75. The summed E-state index contributed by atoms with van der Waals surface area (Å²) in [5.41, 5.74) is 6.52. The molecule has 0 aliphatic carbocycles. The molecule has 0 fully saturated rings. The summed E-state index contributed by atoms with van der Waals surface area (Å²) in [5, 5.41) is 0. The summed E-state index contributed by atoms with van der Waals surface area (Å²) in [6, 6.07) is 6.93. The molecule has 84 valence electrons. The van der Waals surface area contributed by atoms with Crippen molar-refractivity contribution < 1.29 is 4.39 Å². The van der Waals surface area contributed by atoms with Crippen molar-refractivity contribution in [1.82, 2.24) is 0 Å². The fraction of sp³-hybridized carbons (Fsp3) is 0.538. The Bertz CT molecular complexity index is 322. The van der Waals surface area contributed by atoms with E-state index in [0.717, 1.165) is 5.56 Å². The third-order valence-corrected chi connectivity index (χ3v) is 3.41. The fourth-order valence-electron chi connectivity index (χ4n) is 1.59. The second-order valence-electron chi connectivity index (χ2n) is 4.78. The fourth-order valence-corrected chi connectivity index (χ4v) is 1.59. The van der Waals surface area contributed by atoms with Gasteiger partial charge in [0.05, 0.1) is 0 Å². The number of rotatable bonds is 4. The average Bonchev–Trinajstić information content (AvgIpc) is 2.21. The van der Waals surface area contributed by atoms with Crippen molar-refractivity contribution in [3.05, 3.63) is 35.6 Å². The van der Waals surface area contributed by atoms with E-state index in [9.17, 15) is 4.39 Å². The lowest BCUT2D eigenvalue weighted by Crippen LogP contribution is -2.35. The van der Waals surface area contributed by atoms with Crippen LogP contribution < -0.4 is 5.73 Å². The Balaban J connectivity index is 2.89. The van der Waals surface area contributed by atoms with Crippen LogP contribution in [0.1, 0.15) is 26.3 Å². The standard InChI is InChI=1S/C13H20FN/c1-10(2)13(3,9-15)8-11-6-4-5-7-12(11)14/h4-7,10H,8-9,15H2,1-3H3. The van der Waals surface area contributed by atoms with Crippen LogP contribution in [-0.4, -0.2) is 6.54 Å². The van der Waals surface area contributed by atoms with E-state index in [-0.39, 0.29) is 11.2 Å². The molecule has 0 radical (unpaired) electrons. The normalized spacial score (nSPS) is 15.3. The topological polar surface area (TPSA) is 26.0 Å². The average molecular weight is 209 g/mol. The molecule has 1 nitrogen and oxygen atoms in total. The molecular weight excluding hydrogens is 189 g/mol. The zero-order valence-corrected chi connectivity index (χ0v) is 9.76. The number of hydrogen-bond acceptors (Lipinski definition) is 1. The molecule has 2 heteroatoms. The quantitative estimate of drug-likeness (QED) is 0.810. The number of benzene rings is 1. The van der Waals surface area contributed by atoms with Gasteiger partial charge in [0.2, 0.25) is 0 Å². The van der Waals surface area contributed by atoms with E-state index in [2.05, 4.69) is 20.8 Å². The molecule has 0 saturated carbocycles. The summed E-state index contributed by atoms with van der Waals surface area (Å²) in [6.45, 7) is 6.96. The maximum Gasteiger partial charge on any atom is 0.126 e. The largest absolute Gasteiger partial charge is 0.330 e. The van der Waals surface area contributed by atoms with Crippen molar-refractivity contribution in [3.8, 4) is 0 Å². The van der Waals surface area contributed by atoms with Crippen LogP contribution in [0.15, 0.2) is 24.3 Å². The monoisotopic (exact) mass is 209 g/mol. The number of hydrogen-bond donors (Lipinski definition) is 1. The Kier molecular flexibility index (Phi) is 3.86. The maximum atomic E-state index is 13.5. The van der Waals surface area contributed by atoms with Gasteiger partial charge in [0.15, 0.2) is 0 Å². The van der Waals surface area contributed by atoms with Gasteiger partial charge >= 0.3 is 0 Å². The van der Waals surface area contributed by atoms with Gasteiger partial charge in [-0.15, -0.1) is 0 Å². The Morgan fingerprint density at radius 1 is 1.33 bits per heavy atom. The summed E-state index contributed by atoms with van der Waals surface area (Å²) in [5.74, 6) is 0.319. The molecule has 1 aromatic carbocycles. The second-order valence-corrected chi connectivity index (χ2v) is 4.78. The highest BCUT2D eigenvalue weighted by Crippen LogP contribution is 2.30. The van der Waals surface area contributed by atoms with Gasteiger partial charge in [0.25, 0.3) is 0 Å². The molecule has 0 saturated heterocycles. The molecule has 1 aromatic rings. The van der Waals surface area contributed by atoms with Gasteiger partial charge in [-0.05, 0) is 35.9 Å². The summed E-state index contributed by atoms with van der Waals surface area (Å²) < 4.78 is 13.5. The smallest absolute Gasteiger partial charge is 0.126 e. The summed E-state index contributed by atoms with van der Waals surface area (Å²) in [7, 11) is 0. The van der Waals surface area contributed by atoms with E-state index < -0.39 is 0 Å².